The highest BCUT2D eigenvalue weighted by Gasteiger charge is 2.06. The summed E-state index contributed by atoms with van der Waals surface area (Å²) < 4.78 is 13.1. The van der Waals surface area contributed by atoms with Crippen LogP contribution in [-0.2, 0) is 0 Å². The van der Waals surface area contributed by atoms with Gasteiger partial charge in [0.05, 0.1) is 6.61 Å². The van der Waals surface area contributed by atoms with E-state index in [1.54, 1.807) is 13.0 Å². The molecule has 1 aromatic rings. The van der Waals surface area contributed by atoms with Crippen LogP contribution in [0.25, 0.3) is 0 Å². The first-order valence-corrected chi connectivity index (χ1v) is 4.56. The van der Waals surface area contributed by atoms with Gasteiger partial charge in [-0.1, -0.05) is 6.07 Å². The SMILES string of the molecule is Cc1c(F)cccc1NC(=O)NCCO. The van der Waals surface area contributed by atoms with Gasteiger partial charge in [0.2, 0.25) is 0 Å². The Balaban J connectivity index is 2.64. The standard InChI is InChI=1S/C10H13FN2O2/c1-7-8(11)3-2-4-9(7)13-10(15)12-5-6-14/h2-4,14H,5-6H2,1H3,(H2,12,13,15). The fourth-order valence-electron chi connectivity index (χ4n) is 1.08. The van der Waals surface area contributed by atoms with Gasteiger partial charge in [-0.3, -0.25) is 0 Å². The van der Waals surface area contributed by atoms with E-state index in [1.165, 1.54) is 12.1 Å². The quantitative estimate of drug-likeness (QED) is 0.706. The number of halogens is 1. The summed E-state index contributed by atoms with van der Waals surface area (Å²) in [7, 11) is 0. The lowest BCUT2D eigenvalue weighted by atomic mass is 10.2. The molecule has 0 aliphatic carbocycles. The van der Waals surface area contributed by atoms with Crippen LogP contribution in [0.1, 0.15) is 5.56 Å². The van der Waals surface area contributed by atoms with Crippen LogP contribution in [-0.4, -0.2) is 24.3 Å². The van der Waals surface area contributed by atoms with Gasteiger partial charge in [0.1, 0.15) is 5.82 Å². The molecule has 0 spiro atoms. The Labute approximate surface area is 87.1 Å². The third-order valence-corrected chi connectivity index (χ3v) is 1.91. The van der Waals surface area contributed by atoms with E-state index < -0.39 is 6.03 Å². The van der Waals surface area contributed by atoms with Gasteiger partial charge in [0.15, 0.2) is 0 Å². The summed E-state index contributed by atoms with van der Waals surface area (Å²) in [4.78, 5) is 11.2. The van der Waals surface area contributed by atoms with E-state index in [0.717, 1.165) is 0 Å². The highest BCUT2D eigenvalue weighted by atomic mass is 19.1. The molecular formula is C10H13FN2O2. The van der Waals surface area contributed by atoms with Crippen molar-refractivity contribution in [3.05, 3.63) is 29.6 Å². The third kappa shape index (κ3) is 3.21. The van der Waals surface area contributed by atoms with Crippen molar-refractivity contribution in [2.75, 3.05) is 18.5 Å². The molecule has 0 aliphatic heterocycles. The molecule has 0 heterocycles. The first kappa shape index (κ1) is 11.5. The number of rotatable bonds is 3. The molecule has 82 valence electrons. The van der Waals surface area contributed by atoms with Gasteiger partial charge >= 0.3 is 6.03 Å². The molecule has 0 radical (unpaired) electrons. The van der Waals surface area contributed by atoms with Crippen molar-refractivity contribution in [1.29, 1.82) is 0 Å². The highest BCUT2D eigenvalue weighted by Crippen LogP contribution is 2.16. The van der Waals surface area contributed by atoms with Crippen LogP contribution in [0.4, 0.5) is 14.9 Å². The summed E-state index contributed by atoms with van der Waals surface area (Å²) in [5.74, 6) is -0.366. The fourth-order valence-corrected chi connectivity index (χ4v) is 1.08. The van der Waals surface area contributed by atoms with Crippen LogP contribution in [0.2, 0.25) is 0 Å². The zero-order valence-corrected chi connectivity index (χ0v) is 8.38. The number of amides is 2. The Bertz CT molecular complexity index is 355. The van der Waals surface area contributed by atoms with E-state index >= 15 is 0 Å². The maximum absolute atomic E-state index is 13.1. The third-order valence-electron chi connectivity index (χ3n) is 1.91. The Kier molecular flexibility index (Phi) is 4.05. The molecule has 0 saturated heterocycles. The van der Waals surface area contributed by atoms with Crippen molar-refractivity contribution < 1.29 is 14.3 Å². The van der Waals surface area contributed by atoms with Crippen LogP contribution < -0.4 is 10.6 Å². The van der Waals surface area contributed by atoms with E-state index in [9.17, 15) is 9.18 Å². The fraction of sp³-hybridized carbons (Fsp3) is 0.300. The summed E-state index contributed by atoms with van der Waals surface area (Å²) in [5, 5.41) is 13.4. The minimum atomic E-state index is -0.460. The number of aliphatic hydroxyl groups is 1. The van der Waals surface area contributed by atoms with Gasteiger partial charge in [-0.2, -0.15) is 0 Å². The first-order valence-electron chi connectivity index (χ1n) is 4.56. The lowest BCUT2D eigenvalue weighted by Crippen LogP contribution is -2.31. The topological polar surface area (TPSA) is 61.4 Å². The van der Waals surface area contributed by atoms with Crippen molar-refractivity contribution in [1.82, 2.24) is 5.32 Å². The minimum Gasteiger partial charge on any atom is -0.395 e. The van der Waals surface area contributed by atoms with Gasteiger partial charge in [0.25, 0.3) is 0 Å². The molecule has 1 rings (SSSR count). The van der Waals surface area contributed by atoms with E-state index in [0.29, 0.717) is 11.3 Å². The molecule has 0 fully saturated rings. The molecule has 3 N–H and O–H groups in total. The molecule has 5 heteroatoms. The average molecular weight is 212 g/mol. The number of carbonyl (C=O) groups is 1. The Morgan fingerprint density at radius 3 is 2.93 bits per heavy atom. The van der Waals surface area contributed by atoms with Gasteiger partial charge in [-0.15, -0.1) is 0 Å². The van der Waals surface area contributed by atoms with Crippen LogP contribution in [0.5, 0.6) is 0 Å². The van der Waals surface area contributed by atoms with Crippen molar-refractivity contribution in [2.24, 2.45) is 0 Å². The number of hydrogen-bond acceptors (Lipinski definition) is 2. The predicted molar refractivity (Wildman–Crippen MR) is 55.2 cm³/mol. The summed E-state index contributed by atoms with van der Waals surface area (Å²) in [6.07, 6.45) is 0. The van der Waals surface area contributed by atoms with Crippen molar-refractivity contribution in [2.45, 2.75) is 6.92 Å². The van der Waals surface area contributed by atoms with Crippen LogP contribution in [0.3, 0.4) is 0 Å². The first-order chi connectivity index (χ1) is 7.15. The van der Waals surface area contributed by atoms with Gasteiger partial charge in [-0.25, -0.2) is 9.18 Å². The molecule has 4 nitrogen and oxygen atoms in total. The Morgan fingerprint density at radius 2 is 2.27 bits per heavy atom. The zero-order chi connectivity index (χ0) is 11.3. The Hall–Kier alpha value is -1.62. The van der Waals surface area contributed by atoms with Crippen LogP contribution >= 0.6 is 0 Å². The van der Waals surface area contributed by atoms with E-state index in [2.05, 4.69) is 10.6 Å². The molecule has 0 atom stereocenters. The van der Waals surface area contributed by atoms with E-state index in [-0.39, 0.29) is 19.0 Å². The predicted octanol–water partition coefficient (Wildman–Crippen LogP) is 1.25. The molecular weight excluding hydrogens is 199 g/mol. The molecule has 0 bridgehead atoms. The van der Waals surface area contributed by atoms with Crippen molar-refractivity contribution >= 4 is 11.7 Å². The lowest BCUT2D eigenvalue weighted by Gasteiger charge is -2.09. The number of carbonyl (C=O) groups excluding carboxylic acids is 1. The summed E-state index contributed by atoms with van der Waals surface area (Å²) in [6, 6.07) is 3.99. The van der Waals surface area contributed by atoms with Gasteiger partial charge in [0, 0.05) is 17.8 Å². The summed E-state index contributed by atoms with van der Waals surface area (Å²) in [5.41, 5.74) is 0.807. The lowest BCUT2D eigenvalue weighted by molar-refractivity contribution is 0.245. The number of nitrogens with one attached hydrogen (secondary N) is 2. The van der Waals surface area contributed by atoms with Crippen molar-refractivity contribution in [3.63, 3.8) is 0 Å². The number of anilines is 1. The van der Waals surface area contributed by atoms with Gasteiger partial charge < -0.3 is 15.7 Å². The summed E-state index contributed by atoms with van der Waals surface area (Å²) >= 11 is 0. The molecule has 15 heavy (non-hydrogen) atoms. The zero-order valence-electron chi connectivity index (χ0n) is 8.38. The molecule has 0 aromatic heterocycles. The molecule has 1 aromatic carbocycles. The molecule has 0 unspecified atom stereocenters. The van der Waals surface area contributed by atoms with Crippen LogP contribution in [0, 0.1) is 12.7 Å². The van der Waals surface area contributed by atoms with E-state index in [1.807, 2.05) is 0 Å². The number of urea groups is 1. The van der Waals surface area contributed by atoms with Crippen LogP contribution in [0.15, 0.2) is 18.2 Å². The second-order valence-corrected chi connectivity index (χ2v) is 3.02. The maximum atomic E-state index is 13.1. The number of aliphatic hydroxyl groups excluding tert-OH is 1. The average Bonchev–Trinajstić information content (AvgIpc) is 2.22. The normalized spacial score (nSPS) is 9.80. The molecule has 0 aliphatic rings. The second kappa shape index (κ2) is 5.31. The number of benzene rings is 1. The molecule has 2 amide bonds. The maximum Gasteiger partial charge on any atom is 0.319 e. The summed E-state index contributed by atoms with van der Waals surface area (Å²) in [6.45, 7) is 1.62. The number of hydrogen-bond donors (Lipinski definition) is 3. The van der Waals surface area contributed by atoms with E-state index in [4.69, 9.17) is 5.11 Å². The monoisotopic (exact) mass is 212 g/mol. The largest absolute Gasteiger partial charge is 0.395 e. The smallest absolute Gasteiger partial charge is 0.319 e. The molecule has 0 saturated carbocycles. The van der Waals surface area contributed by atoms with Gasteiger partial charge in [-0.05, 0) is 19.1 Å². The van der Waals surface area contributed by atoms with Crippen molar-refractivity contribution in [3.8, 4) is 0 Å². The second-order valence-electron chi connectivity index (χ2n) is 3.02. The highest BCUT2D eigenvalue weighted by molar-refractivity contribution is 5.90. The Morgan fingerprint density at radius 1 is 1.53 bits per heavy atom. The minimum absolute atomic E-state index is 0.129.